The minimum atomic E-state index is 0.140. The van der Waals surface area contributed by atoms with Gasteiger partial charge in [-0.3, -0.25) is 4.79 Å². The average molecular weight is 168 g/mol. The van der Waals surface area contributed by atoms with Crippen LogP contribution in [0.2, 0.25) is 0 Å². The van der Waals surface area contributed by atoms with Crippen LogP contribution in [0.4, 0.5) is 0 Å². The first-order valence-electron chi connectivity index (χ1n) is 4.45. The van der Waals surface area contributed by atoms with Gasteiger partial charge < -0.3 is 10.6 Å². The first kappa shape index (κ1) is 9.26. The monoisotopic (exact) mass is 168 g/mol. The summed E-state index contributed by atoms with van der Waals surface area (Å²) in [5.41, 5.74) is 1.04. The fraction of sp³-hybridized carbons (Fsp3) is 0.667. The fourth-order valence-corrected chi connectivity index (χ4v) is 1.45. The Morgan fingerprint density at radius 2 is 2.50 bits per heavy atom. The van der Waals surface area contributed by atoms with Crippen LogP contribution in [0.3, 0.4) is 0 Å². The molecule has 0 aliphatic carbocycles. The second kappa shape index (κ2) is 4.26. The Morgan fingerprint density at radius 3 is 3.08 bits per heavy atom. The summed E-state index contributed by atoms with van der Waals surface area (Å²) < 4.78 is 0. The largest absolute Gasteiger partial charge is 0.329 e. The minimum absolute atomic E-state index is 0.140. The van der Waals surface area contributed by atoms with Gasteiger partial charge in [0.15, 0.2) is 0 Å². The predicted octanol–water partition coefficient (Wildman–Crippen LogP) is 0.778. The molecule has 0 spiro atoms. The lowest BCUT2D eigenvalue weighted by molar-refractivity contribution is -0.121. The van der Waals surface area contributed by atoms with Crippen LogP contribution in [0.1, 0.15) is 26.2 Å². The van der Waals surface area contributed by atoms with Crippen LogP contribution in [0.5, 0.6) is 0 Å². The van der Waals surface area contributed by atoms with Crippen LogP contribution in [0, 0.1) is 0 Å². The average Bonchev–Trinajstić information content (AvgIpc) is 2.05. The number of likely N-dealkylation sites (N-methyl/N-ethyl adjacent to an activating group) is 1. The molecule has 1 unspecified atom stereocenters. The van der Waals surface area contributed by atoms with Crippen molar-refractivity contribution >= 4 is 5.91 Å². The highest BCUT2D eigenvalue weighted by Crippen LogP contribution is 2.12. The normalized spacial score (nSPS) is 27.3. The van der Waals surface area contributed by atoms with Crippen molar-refractivity contribution in [1.82, 2.24) is 10.6 Å². The van der Waals surface area contributed by atoms with Crippen molar-refractivity contribution in [3.8, 4) is 0 Å². The number of amides is 1. The quantitative estimate of drug-likeness (QED) is 0.639. The SMILES string of the molecule is CCC=C1NC(=O)CCC1NC. The van der Waals surface area contributed by atoms with E-state index in [4.69, 9.17) is 0 Å². The molecule has 0 aromatic carbocycles. The molecule has 1 atom stereocenters. The first-order chi connectivity index (χ1) is 5.77. The minimum Gasteiger partial charge on any atom is -0.329 e. The van der Waals surface area contributed by atoms with E-state index in [0.717, 1.165) is 18.5 Å². The molecule has 1 aliphatic rings. The maximum absolute atomic E-state index is 11.0. The van der Waals surface area contributed by atoms with E-state index in [1.54, 1.807) is 0 Å². The van der Waals surface area contributed by atoms with Crippen molar-refractivity contribution in [3.05, 3.63) is 11.8 Å². The molecule has 68 valence electrons. The van der Waals surface area contributed by atoms with Gasteiger partial charge in [0, 0.05) is 18.2 Å². The number of hydrogen-bond donors (Lipinski definition) is 2. The van der Waals surface area contributed by atoms with Crippen LogP contribution in [-0.2, 0) is 4.79 Å². The molecule has 0 bridgehead atoms. The number of nitrogens with one attached hydrogen (secondary N) is 2. The third-order valence-electron chi connectivity index (χ3n) is 2.09. The number of hydrogen-bond acceptors (Lipinski definition) is 2. The molecule has 1 saturated heterocycles. The number of carbonyl (C=O) groups excluding carboxylic acids is 1. The zero-order valence-corrected chi connectivity index (χ0v) is 7.68. The topological polar surface area (TPSA) is 41.1 Å². The molecule has 1 rings (SSSR count). The standard InChI is InChI=1S/C9H16N2O/c1-3-4-8-7(10-2)5-6-9(12)11-8/h4,7,10H,3,5-6H2,1-2H3,(H,11,12). The Hall–Kier alpha value is -0.830. The van der Waals surface area contributed by atoms with Crippen LogP contribution in [-0.4, -0.2) is 19.0 Å². The van der Waals surface area contributed by atoms with Crippen LogP contribution < -0.4 is 10.6 Å². The number of rotatable bonds is 2. The van der Waals surface area contributed by atoms with Crippen molar-refractivity contribution < 1.29 is 4.79 Å². The molecule has 0 saturated carbocycles. The number of carbonyl (C=O) groups is 1. The fourth-order valence-electron chi connectivity index (χ4n) is 1.45. The molecule has 0 aromatic heterocycles. The maximum Gasteiger partial charge on any atom is 0.224 e. The summed E-state index contributed by atoms with van der Waals surface area (Å²) in [6.07, 6.45) is 4.58. The summed E-state index contributed by atoms with van der Waals surface area (Å²) in [6.45, 7) is 2.07. The van der Waals surface area contributed by atoms with E-state index < -0.39 is 0 Å². The lowest BCUT2D eigenvalue weighted by Crippen LogP contribution is -2.42. The Labute approximate surface area is 73.2 Å². The number of allylic oxidation sites excluding steroid dienone is 1. The number of piperidine rings is 1. The zero-order valence-electron chi connectivity index (χ0n) is 7.68. The highest BCUT2D eigenvalue weighted by Gasteiger charge is 2.20. The smallest absolute Gasteiger partial charge is 0.224 e. The second-order valence-electron chi connectivity index (χ2n) is 3.00. The summed E-state index contributed by atoms with van der Waals surface area (Å²) in [4.78, 5) is 11.0. The first-order valence-corrected chi connectivity index (χ1v) is 4.45. The van der Waals surface area contributed by atoms with E-state index in [1.807, 2.05) is 7.05 Å². The van der Waals surface area contributed by atoms with E-state index in [-0.39, 0.29) is 5.91 Å². The predicted molar refractivity (Wildman–Crippen MR) is 48.6 cm³/mol. The van der Waals surface area contributed by atoms with E-state index in [2.05, 4.69) is 23.6 Å². The second-order valence-corrected chi connectivity index (χ2v) is 3.00. The summed E-state index contributed by atoms with van der Waals surface area (Å²) in [7, 11) is 1.92. The molecule has 3 nitrogen and oxygen atoms in total. The molecule has 0 aromatic rings. The molecular weight excluding hydrogens is 152 g/mol. The van der Waals surface area contributed by atoms with Gasteiger partial charge in [0.05, 0.1) is 0 Å². The van der Waals surface area contributed by atoms with Gasteiger partial charge in [-0.1, -0.05) is 13.0 Å². The van der Waals surface area contributed by atoms with Gasteiger partial charge in [-0.05, 0) is 19.9 Å². The highest BCUT2D eigenvalue weighted by atomic mass is 16.1. The van der Waals surface area contributed by atoms with Gasteiger partial charge in [-0.15, -0.1) is 0 Å². The summed E-state index contributed by atoms with van der Waals surface area (Å²) >= 11 is 0. The molecule has 1 amide bonds. The van der Waals surface area contributed by atoms with Crippen molar-refractivity contribution in [2.24, 2.45) is 0 Å². The molecule has 2 N–H and O–H groups in total. The van der Waals surface area contributed by atoms with Gasteiger partial charge in [-0.25, -0.2) is 0 Å². The Morgan fingerprint density at radius 1 is 1.75 bits per heavy atom. The Kier molecular flexibility index (Phi) is 3.29. The molecule has 3 heteroatoms. The van der Waals surface area contributed by atoms with Gasteiger partial charge in [0.2, 0.25) is 5.91 Å². The van der Waals surface area contributed by atoms with E-state index in [9.17, 15) is 4.79 Å². The van der Waals surface area contributed by atoms with Gasteiger partial charge in [0.25, 0.3) is 0 Å². The van der Waals surface area contributed by atoms with Crippen LogP contribution in [0.25, 0.3) is 0 Å². The summed E-state index contributed by atoms with van der Waals surface area (Å²) in [5.74, 6) is 0.140. The Balaban J connectivity index is 2.64. The van der Waals surface area contributed by atoms with Crippen molar-refractivity contribution in [2.75, 3.05) is 7.05 Å². The molecule has 1 fully saturated rings. The van der Waals surface area contributed by atoms with Crippen molar-refractivity contribution in [1.29, 1.82) is 0 Å². The maximum atomic E-state index is 11.0. The molecule has 12 heavy (non-hydrogen) atoms. The third-order valence-corrected chi connectivity index (χ3v) is 2.09. The van der Waals surface area contributed by atoms with Crippen LogP contribution >= 0.6 is 0 Å². The highest BCUT2D eigenvalue weighted by molar-refractivity contribution is 5.79. The zero-order chi connectivity index (χ0) is 8.97. The molecule has 1 heterocycles. The van der Waals surface area contributed by atoms with Gasteiger partial charge >= 0.3 is 0 Å². The Bertz CT molecular complexity index is 199. The molecular formula is C9H16N2O. The van der Waals surface area contributed by atoms with E-state index in [1.165, 1.54) is 0 Å². The summed E-state index contributed by atoms with van der Waals surface area (Å²) in [6, 6.07) is 0.336. The van der Waals surface area contributed by atoms with Crippen molar-refractivity contribution in [3.63, 3.8) is 0 Å². The van der Waals surface area contributed by atoms with E-state index >= 15 is 0 Å². The van der Waals surface area contributed by atoms with Gasteiger partial charge in [-0.2, -0.15) is 0 Å². The summed E-state index contributed by atoms with van der Waals surface area (Å²) in [5, 5.41) is 6.05. The van der Waals surface area contributed by atoms with E-state index in [0.29, 0.717) is 12.5 Å². The lowest BCUT2D eigenvalue weighted by atomic mass is 10.0. The lowest BCUT2D eigenvalue weighted by Gasteiger charge is -2.25. The molecule has 0 radical (unpaired) electrons. The third kappa shape index (κ3) is 2.08. The van der Waals surface area contributed by atoms with Crippen LogP contribution in [0.15, 0.2) is 11.8 Å². The van der Waals surface area contributed by atoms with Crippen molar-refractivity contribution in [2.45, 2.75) is 32.2 Å². The van der Waals surface area contributed by atoms with Gasteiger partial charge in [0.1, 0.15) is 0 Å². The molecule has 1 aliphatic heterocycles.